The highest BCUT2D eigenvalue weighted by Crippen LogP contribution is 2.23. The molecule has 0 bridgehead atoms. The Balaban J connectivity index is 2.54. The second kappa shape index (κ2) is 5.75. The number of rotatable bonds is 4. The summed E-state index contributed by atoms with van der Waals surface area (Å²) in [6.45, 7) is 3.87. The van der Waals surface area contributed by atoms with Gasteiger partial charge in [-0.05, 0) is 26.2 Å². The maximum atomic E-state index is 12.4. The summed E-state index contributed by atoms with van der Waals surface area (Å²) in [5.41, 5.74) is -0.188. The standard InChI is InChI=1S/C12H14N2O3S2/c1-4-17-9(15)6-14-11(16)8-5-7(2)19-10(8)13-12(14)18-3/h5H,4,6H2,1-3H3. The second-order valence-electron chi connectivity index (χ2n) is 3.87. The molecule has 0 unspecified atom stereocenters. The molecule has 2 aromatic heterocycles. The lowest BCUT2D eigenvalue weighted by Crippen LogP contribution is -2.27. The zero-order chi connectivity index (χ0) is 14.0. The Morgan fingerprint density at radius 2 is 2.32 bits per heavy atom. The third kappa shape index (κ3) is 2.82. The van der Waals surface area contributed by atoms with E-state index in [-0.39, 0.29) is 12.1 Å². The van der Waals surface area contributed by atoms with Gasteiger partial charge in [-0.2, -0.15) is 0 Å². The van der Waals surface area contributed by atoms with Crippen molar-refractivity contribution < 1.29 is 9.53 Å². The van der Waals surface area contributed by atoms with Gasteiger partial charge in [0.15, 0.2) is 5.16 Å². The van der Waals surface area contributed by atoms with Gasteiger partial charge in [0.25, 0.3) is 5.56 Å². The predicted octanol–water partition coefficient (Wildman–Crippen LogP) is 2.05. The van der Waals surface area contributed by atoms with E-state index in [4.69, 9.17) is 4.74 Å². The van der Waals surface area contributed by atoms with Gasteiger partial charge in [0.05, 0.1) is 12.0 Å². The molecule has 0 saturated carbocycles. The van der Waals surface area contributed by atoms with Crippen molar-refractivity contribution in [3.8, 4) is 0 Å². The molecule has 19 heavy (non-hydrogen) atoms. The molecule has 0 amide bonds. The fraction of sp³-hybridized carbons (Fsp3) is 0.417. The van der Waals surface area contributed by atoms with Crippen molar-refractivity contribution in [2.24, 2.45) is 0 Å². The summed E-state index contributed by atoms with van der Waals surface area (Å²) in [5, 5.41) is 1.09. The van der Waals surface area contributed by atoms with Crippen LogP contribution in [0.25, 0.3) is 10.2 Å². The highest BCUT2D eigenvalue weighted by Gasteiger charge is 2.15. The topological polar surface area (TPSA) is 61.2 Å². The monoisotopic (exact) mass is 298 g/mol. The summed E-state index contributed by atoms with van der Waals surface area (Å²) in [6, 6.07) is 1.81. The minimum atomic E-state index is -0.423. The van der Waals surface area contributed by atoms with Gasteiger partial charge in [-0.1, -0.05) is 11.8 Å². The van der Waals surface area contributed by atoms with E-state index in [1.165, 1.54) is 27.7 Å². The summed E-state index contributed by atoms with van der Waals surface area (Å²) >= 11 is 2.82. The molecule has 2 heterocycles. The molecule has 0 saturated heterocycles. The first kappa shape index (κ1) is 14.1. The number of carbonyl (C=O) groups is 1. The third-order valence-electron chi connectivity index (χ3n) is 2.51. The largest absolute Gasteiger partial charge is 0.465 e. The highest BCUT2D eigenvalue weighted by atomic mass is 32.2. The Labute approximate surface area is 118 Å². The van der Waals surface area contributed by atoms with Crippen LogP contribution in [0.5, 0.6) is 0 Å². The number of carbonyl (C=O) groups excluding carboxylic acids is 1. The van der Waals surface area contributed by atoms with Crippen LogP contribution < -0.4 is 5.56 Å². The van der Waals surface area contributed by atoms with E-state index in [0.29, 0.717) is 22.0 Å². The Hall–Kier alpha value is -1.34. The number of esters is 1. The van der Waals surface area contributed by atoms with Gasteiger partial charge in [-0.25, -0.2) is 4.98 Å². The summed E-state index contributed by atoms with van der Waals surface area (Å²) in [7, 11) is 0. The molecule has 5 nitrogen and oxygen atoms in total. The number of aryl methyl sites for hydroxylation is 1. The van der Waals surface area contributed by atoms with Crippen molar-refractivity contribution in [2.45, 2.75) is 25.5 Å². The fourth-order valence-electron chi connectivity index (χ4n) is 1.75. The van der Waals surface area contributed by atoms with Gasteiger partial charge in [-0.15, -0.1) is 11.3 Å². The van der Waals surface area contributed by atoms with Crippen molar-refractivity contribution in [2.75, 3.05) is 12.9 Å². The molecule has 0 aliphatic heterocycles. The van der Waals surface area contributed by atoms with Gasteiger partial charge in [0, 0.05) is 4.88 Å². The molecule has 0 radical (unpaired) electrons. The van der Waals surface area contributed by atoms with Crippen LogP contribution in [0.3, 0.4) is 0 Å². The zero-order valence-corrected chi connectivity index (χ0v) is 12.6. The highest BCUT2D eigenvalue weighted by molar-refractivity contribution is 7.98. The Morgan fingerprint density at radius 3 is 2.95 bits per heavy atom. The Bertz CT molecular complexity index is 675. The van der Waals surface area contributed by atoms with E-state index in [9.17, 15) is 9.59 Å². The minimum absolute atomic E-state index is 0.0965. The van der Waals surface area contributed by atoms with Gasteiger partial charge in [0.1, 0.15) is 11.4 Å². The van der Waals surface area contributed by atoms with Crippen molar-refractivity contribution in [1.29, 1.82) is 0 Å². The number of hydrogen-bond donors (Lipinski definition) is 0. The van der Waals surface area contributed by atoms with Crippen LogP contribution in [0.2, 0.25) is 0 Å². The van der Waals surface area contributed by atoms with Crippen LogP contribution in [-0.4, -0.2) is 28.4 Å². The molecule has 2 aromatic rings. The zero-order valence-electron chi connectivity index (χ0n) is 10.9. The quantitative estimate of drug-likeness (QED) is 0.491. The van der Waals surface area contributed by atoms with Crippen molar-refractivity contribution in [1.82, 2.24) is 9.55 Å². The Kier molecular flexibility index (Phi) is 4.26. The molecular formula is C12H14N2O3S2. The lowest BCUT2D eigenvalue weighted by molar-refractivity contribution is -0.144. The molecule has 0 N–H and O–H groups in total. The predicted molar refractivity (Wildman–Crippen MR) is 77.0 cm³/mol. The number of aromatic nitrogens is 2. The second-order valence-corrected chi connectivity index (χ2v) is 5.88. The number of nitrogens with zero attached hydrogens (tertiary/aromatic N) is 2. The first-order chi connectivity index (χ1) is 9.06. The molecule has 0 aliphatic rings. The molecular weight excluding hydrogens is 284 g/mol. The summed E-state index contributed by atoms with van der Waals surface area (Å²) in [6.07, 6.45) is 1.83. The van der Waals surface area contributed by atoms with Crippen molar-refractivity contribution in [3.05, 3.63) is 21.3 Å². The van der Waals surface area contributed by atoms with Crippen molar-refractivity contribution >= 4 is 39.3 Å². The molecule has 0 atom stereocenters. The van der Waals surface area contributed by atoms with Crippen LogP contribution in [-0.2, 0) is 16.1 Å². The number of thiophene rings is 1. The Morgan fingerprint density at radius 1 is 1.58 bits per heavy atom. The molecule has 0 aromatic carbocycles. The maximum Gasteiger partial charge on any atom is 0.326 e. The van der Waals surface area contributed by atoms with Crippen LogP contribution in [0, 0.1) is 6.92 Å². The van der Waals surface area contributed by atoms with E-state index in [2.05, 4.69) is 4.98 Å². The maximum absolute atomic E-state index is 12.4. The summed E-state index contributed by atoms with van der Waals surface area (Å²) in [5.74, 6) is -0.423. The molecule has 2 rings (SSSR count). The summed E-state index contributed by atoms with van der Waals surface area (Å²) in [4.78, 5) is 30.1. The van der Waals surface area contributed by atoms with Crippen molar-refractivity contribution in [3.63, 3.8) is 0 Å². The van der Waals surface area contributed by atoms with Crippen LogP contribution in [0.1, 0.15) is 11.8 Å². The van der Waals surface area contributed by atoms with Gasteiger partial charge >= 0.3 is 5.97 Å². The number of ether oxygens (including phenoxy) is 1. The minimum Gasteiger partial charge on any atom is -0.465 e. The molecule has 0 spiro atoms. The fourth-order valence-corrected chi connectivity index (χ4v) is 3.23. The smallest absolute Gasteiger partial charge is 0.326 e. The first-order valence-electron chi connectivity index (χ1n) is 5.77. The molecule has 0 aliphatic carbocycles. The van der Waals surface area contributed by atoms with Gasteiger partial charge in [-0.3, -0.25) is 14.2 Å². The number of fused-ring (bicyclic) bond motifs is 1. The average Bonchev–Trinajstić information content (AvgIpc) is 2.74. The van der Waals surface area contributed by atoms with Crippen LogP contribution in [0.15, 0.2) is 16.0 Å². The van der Waals surface area contributed by atoms with E-state index in [1.54, 1.807) is 13.0 Å². The summed E-state index contributed by atoms with van der Waals surface area (Å²) < 4.78 is 6.26. The lowest BCUT2D eigenvalue weighted by atomic mass is 10.3. The lowest BCUT2D eigenvalue weighted by Gasteiger charge is -2.09. The number of hydrogen-bond acceptors (Lipinski definition) is 6. The van der Waals surface area contributed by atoms with Crippen LogP contribution in [0.4, 0.5) is 0 Å². The van der Waals surface area contributed by atoms with E-state index in [1.807, 2.05) is 13.2 Å². The molecule has 7 heteroatoms. The SMILES string of the molecule is CCOC(=O)Cn1c(SC)nc2sc(C)cc2c1=O. The molecule has 102 valence electrons. The number of thioether (sulfide) groups is 1. The first-order valence-corrected chi connectivity index (χ1v) is 7.81. The normalized spacial score (nSPS) is 10.9. The van der Waals surface area contributed by atoms with Gasteiger partial charge in [0.2, 0.25) is 0 Å². The van der Waals surface area contributed by atoms with E-state index in [0.717, 1.165) is 4.88 Å². The van der Waals surface area contributed by atoms with Gasteiger partial charge < -0.3 is 4.74 Å². The third-order valence-corrected chi connectivity index (χ3v) is 4.14. The molecule has 0 fully saturated rings. The van der Waals surface area contributed by atoms with E-state index < -0.39 is 5.97 Å². The average molecular weight is 298 g/mol. The van der Waals surface area contributed by atoms with E-state index >= 15 is 0 Å². The van der Waals surface area contributed by atoms with Crippen LogP contribution >= 0.6 is 23.1 Å².